The minimum atomic E-state index is -0.841. The molecule has 4 bridgehead atoms. The van der Waals surface area contributed by atoms with Crippen molar-refractivity contribution in [3.05, 3.63) is 41.5 Å². The fourth-order valence-electron chi connectivity index (χ4n) is 6.37. The number of piperidine rings is 1. The van der Waals surface area contributed by atoms with Crippen molar-refractivity contribution < 1.29 is 23.9 Å². The zero-order valence-corrected chi connectivity index (χ0v) is 26.3. The third-order valence-corrected chi connectivity index (χ3v) is 9.01. The first kappa shape index (κ1) is 32.7. The molecule has 3 N–H and O–H groups in total. The van der Waals surface area contributed by atoms with Crippen molar-refractivity contribution in [2.24, 2.45) is 11.8 Å². The van der Waals surface area contributed by atoms with Crippen molar-refractivity contribution in [1.29, 1.82) is 0 Å². The minimum absolute atomic E-state index is 0.00397. The molecule has 4 amide bonds. The summed E-state index contributed by atoms with van der Waals surface area (Å²) in [5.74, 6) is -1.67. The van der Waals surface area contributed by atoms with Crippen molar-refractivity contribution in [3.8, 4) is 0 Å². The van der Waals surface area contributed by atoms with E-state index in [1.165, 1.54) is 5.01 Å². The lowest BCUT2D eigenvalue weighted by Crippen LogP contribution is -2.62. The number of methoxy groups -OCH3 is 1. The van der Waals surface area contributed by atoms with E-state index >= 15 is 0 Å². The van der Waals surface area contributed by atoms with E-state index in [1.807, 2.05) is 31.7 Å². The van der Waals surface area contributed by atoms with Crippen molar-refractivity contribution >= 4 is 29.7 Å². The SMILES string of the molecule is COC1CCC=Cc2cccc(c2)C2CCCCN2C(=O)C2CCCN(N2)C(=O)C(C)NC(=O)C(C(C)C)NC(=O)C1C. The third kappa shape index (κ3) is 8.03. The molecule has 2 fully saturated rings. The maximum Gasteiger partial charge on any atom is 0.258 e. The molecule has 3 aliphatic rings. The Morgan fingerprint density at radius 3 is 2.44 bits per heavy atom. The second kappa shape index (κ2) is 15.0. The summed E-state index contributed by atoms with van der Waals surface area (Å²) >= 11 is 0. The Bertz CT molecular complexity index is 1190. The molecule has 3 aliphatic heterocycles. The maximum atomic E-state index is 13.9. The highest BCUT2D eigenvalue weighted by atomic mass is 16.5. The van der Waals surface area contributed by atoms with Gasteiger partial charge in [-0.2, -0.15) is 0 Å². The number of nitrogens with zero attached hydrogens (tertiary/aromatic N) is 2. The number of fused-ring (bicyclic) bond motifs is 6. The number of allylic oxidation sites excluding steroid dienone is 1. The first-order valence-electron chi connectivity index (χ1n) is 15.9. The van der Waals surface area contributed by atoms with Crippen LogP contribution in [0.3, 0.4) is 0 Å². The van der Waals surface area contributed by atoms with E-state index in [0.717, 1.165) is 30.4 Å². The first-order valence-corrected chi connectivity index (χ1v) is 15.9. The molecule has 1 aromatic rings. The molecule has 3 heterocycles. The monoisotopic (exact) mass is 595 g/mol. The van der Waals surface area contributed by atoms with Crippen LogP contribution in [0.2, 0.25) is 0 Å². The van der Waals surface area contributed by atoms with Gasteiger partial charge in [-0.05, 0) is 75.0 Å². The van der Waals surface area contributed by atoms with Gasteiger partial charge in [0, 0.05) is 20.2 Å². The Hall–Kier alpha value is -3.24. The molecule has 1 aromatic carbocycles. The number of hydrogen-bond donors (Lipinski definition) is 3. The summed E-state index contributed by atoms with van der Waals surface area (Å²) in [6, 6.07) is 6.15. The average Bonchev–Trinajstić information content (AvgIpc) is 3.02. The number of ether oxygens (including phenoxy) is 1. The van der Waals surface area contributed by atoms with E-state index in [-0.39, 0.29) is 35.8 Å². The maximum absolute atomic E-state index is 13.9. The number of rotatable bonds is 2. The van der Waals surface area contributed by atoms with Gasteiger partial charge in [0.25, 0.3) is 5.91 Å². The predicted octanol–water partition coefficient (Wildman–Crippen LogP) is 3.34. The van der Waals surface area contributed by atoms with Gasteiger partial charge in [-0.25, -0.2) is 5.43 Å². The zero-order valence-electron chi connectivity index (χ0n) is 26.3. The van der Waals surface area contributed by atoms with Gasteiger partial charge in [-0.1, -0.05) is 51.1 Å². The Balaban J connectivity index is 1.63. The van der Waals surface area contributed by atoms with Gasteiger partial charge in [-0.3, -0.25) is 24.2 Å². The smallest absolute Gasteiger partial charge is 0.258 e. The van der Waals surface area contributed by atoms with Crippen LogP contribution in [-0.4, -0.2) is 78.0 Å². The number of benzene rings is 1. The number of hydrogen-bond acceptors (Lipinski definition) is 6. The largest absolute Gasteiger partial charge is 0.381 e. The summed E-state index contributed by atoms with van der Waals surface area (Å²) in [7, 11) is 1.60. The van der Waals surface area contributed by atoms with E-state index in [2.05, 4.69) is 46.4 Å². The highest BCUT2D eigenvalue weighted by Gasteiger charge is 2.37. The van der Waals surface area contributed by atoms with Crippen LogP contribution in [0.5, 0.6) is 0 Å². The molecule has 43 heavy (non-hydrogen) atoms. The van der Waals surface area contributed by atoms with Crippen LogP contribution in [0.15, 0.2) is 30.3 Å². The van der Waals surface area contributed by atoms with Gasteiger partial charge in [0.15, 0.2) is 0 Å². The molecule has 10 heteroatoms. The van der Waals surface area contributed by atoms with E-state index in [0.29, 0.717) is 38.8 Å². The molecular formula is C33H49N5O5. The molecule has 0 radical (unpaired) electrons. The Morgan fingerprint density at radius 1 is 0.907 bits per heavy atom. The van der Waals surface area contributed by atoms with Gasteiger partial charge in [-0.15, -0.1) is 0 Å². The molecule has 2 saturated heterocycles. The van der Waals surface area contributed by atoms with Crippen LogP contribution >= 0.6 is 0 Å². The summed E-state index contributed by atoms with van der Waals surface area (Å²) in [4.78, 5) is 55.9. The topological polar surface area (TPSA) is 120 Å². The van der Waals surface area contributed by atoms with Crippen LogP contribution in [-0.2, 0) is 23.9 Å². The lowest BCUT2D eigenvalue weighted by molar-refractivity contribution is -0.147. The van der Waals surface area contributed by atoms with Crippen LogP contribution in [0, 0.1) is 11.8 Å². The van der Waals surface area contributed by atoms with Gasteiger partial charge in [0.1, 0.15) is 18.1 Å². The van der Waals surface area contributed by atoms with Crippen LogP contribution in [0.25, 0.3) is 6.08 Å². The number of carbonyl (C=O) groups is 4. The molecule has 0 saturated carbocycles. The van der Waals surface area contributed by atoms with E-state index in [9.17, 15) is 19.2 Å². The summed E-state index contributed by atoms with van der Waals surface area (Å²) in [6.45, 7) is 8.29. The summed E-state index contributed by atoms with van der Waals surface area (Å²) in [5, 5.41) is 7.17. The van der Waals surface area contributed by atoms with Gasteiger partial charge >= 0.3 is 0 Å². The molecule has 0 spiro atoms. The number of amides is 4. The third-order valence-electron chi connectivity index (χ3n) is 9.01. The quantitative estimate of drug-likeness (QED) is 0.483. The Kier molecular flexibility index (Phi) is 11.4. The molecule has 0 aromatic heterocycles. The highest BCUT2D eigenvalue weighted by molar-refractivity contribution is 5.92. The molecule has 6 unspecified atom stereocenters. The molecule has 0 aliphatic carbocycles. The predicted molar refractivity (Wildman–Crippen MR) is 165 cm³/mol. The fraction of sp³-hybridized carbons (Fsp3) is 0.636. The van der Waals surface area contributed by atoms with Crippen molar-refractivity contribution in [1.82, 2.24) is 26.0 Å². The summed E-state index contributed by atoms with van der Waals surface area (Å²) < 4.78 is 5.69. The highest BCUT2D eigenvalue weighted by Crippen LogP contribution is 2.33. The lowest BCUT2D eigenvalue weighted by Gasteiger charge is -2.41. The van der Waals surface area contributed by atoms with Gasteiger partial charge < -0.3 is 20.3 Å². The number of carbonyl (C=O) groups excluding carboxylic acids is 4. The number of hydrazine groups is 1. The van der Waals surface area contributed by atoms with Crippen LogP contribution in [0.1, 0.15) is 89.8 Å². The van der Waals surface area contributed by atoms with Gasteiger partial charge in [0.2, 0.25) is 17.7 Å². The normalized spacial score (nSPS) is 30.2. The number of nitrogens with one attached hydrogen (secondary N) is 3. The van der Waals surface area contributed by atoms with Gasteiger partial charge in [0.05, 0.1) is 18.1 Å². The first-order chi connectivity index (χ1) is 20.6. The molecule has 6 atom stereocenters. The fourth-order valence-corrected chi connectivity index (χ4v) is 6.37. The summed E-state index contributed by atoms with van der Waals surface area (Å²) in [5.41, 5.74) is 5.35. The molecule has 10 nitrogen and oxygen atoms in total. The van der Waals surface area contributed by atoms with Crippen molar-refractivity contribution in [2.75, 3.05) is 20.2 Å². The van der Waals surface area contributed by atoms with E-state index in [1.54, 1.807) is 14.0 Å². The molecule has 236 valence electrons. The molecular weight excluding hydrogens is 546 g/mol. The van der Waals surface area contributed by atoms with Crippen LogP contribution < -0.4 is 16.1 Å². The average molecular weight is 596 g/mol. The van der Waals surface area contributed by atoms with Crippen LogP contribution in [0.4, 0.5) is 0 Å². The van der Waals surface area contributed by atoms with E-state index < -0.39 is 30.0 Å². The zero-order chi connectivity index (χ0) is 31.1. The van der Waals surface area contributed by atoms with Crippen molar-refractivity contribution in [2.45, 2.75) is 103 Å². The second-order valence-electron chi connectivity index (χ2n) is 12.5. The Labute approximate surface area is 255 Å². The molecule has 4 rings (SSSR count). The van der Waals surface area contributed by atoms with Crippen molar-refractivity contribution in [3.63, 3.8) is 0 Å². The lowest BCUT2D eigenvalue weighted by atomic mass is 9.92. The standard InChI is InChI=1S/C33H49N5O5/c1-21(2)29-31(40)34-23(4)32(41)38-19-11-15-26(36-38)33(42)37-18-9-8-16-27(37)25-14-10-13-24(20-25)12-6-7-17-28(43-5)22(3)30(39)35-29/h6,10,12-14,20-23,26-29,36H,7-9,11,15-19H2,1-5H3,(H,34,40)(H,35,39). The second-order valence-corrected chi connectivity index (χ2v) is 12.5. The van der Waals surface area contributed by atoms with E-state index in [4.69, 9.17) is 4.74 Å². The summed E-state index contributed by atoms with van der Waals surface area (Å²) in [6.07, 6.45) is 9.41. The Morgan fingerprint density at radius 2 is 1.70 bits per heavy atom. The minimum Gasteiger partial charge on any atom is -0.381 e.